The van der Waals surface area contributed by atoms with Crippen molar-refractivity contribution in [1.29, 1.82) is 0 Å². The second kappa shape index (κ2) is 10.6. The van der Waals surface area contributed by atoms with E-state index in [1.54, 1.807) is 25.1 Å². The summed E-state index contributed by atoms with van der Waals surface area (Å²) in [5.41, 5.74) is 0.487. The zero-order valence-electron chi connectivity index (χ0n) is 19.4. The average molecular weight is 488 g/mol. The molecule has 2 atom stereocenters. The van der Waals surface area contributed by atoms with E-state index in [4.69, 9.17) is 9.47 Å². The molecular formula is C28H25F5O2. The van der Waals surface area contributed by atoms with Gasteiger partial charge in [-0.15, -0.1) is 0 Å². The molecule has 3 aromatic carbocycles. The summed E-state index contributed by atoms with van der Waals surface area (Å²) in [5.74, 6) is -5.72. The van der Waals surface area contributed by atoms with Gasteiger partial charge in [0.15, 0.2) is 23.2 Å². The first-order chi connectivity index (χ1) is 16.8. The van der Waals surface area contributed by atoms with E-state index in [0.29, 0.717) is 18.4 Å². The Bertz CT molecular complexity index is 1250. The van der Waals surface area contributed by atoms with Crippen LogP contribution in [0, 0.1) is 29.1 Å². The van der Waals surface area contributed by atoms with E-state index in [2.05, 4.69) is 0 Å². The second-order valence-corrected chi connectivity index (χ2v) is 8.38. The molecule has 1 aliphatic rings. The molecule has 1 aliphatic heterocycles. The van der Waals surface area contributed by atoms with Gasteiger partial charge in [-0.1, -0.05) is 36.4 Å². The van der Waals surface area contributed by atoms with Gasteiger partial charge in [-0.05, 0) is 50.5 Å². The third-order valence-corrected chi connectivity index (χ3v) is 6.21. The Morgan fingerprint density at radius 3 is 2.23 bits per heavy atom. The summed E-state index contributed by atoms with van der Waals surface area (Å²) in [5, 5.41) is 0. The molecule has 0 amide bonds. The smallest absolute Gasteiger partial charge is 0.201 e. The molecule has 1 saturated heterocycles. The molecule has 0 saturated carbocycles. The third-order valence-electron chi connectivity index (χ3n) is 6.21. The van der Waals surface area contributed by atoms with Crippen molar-refractivity contribution >= 4 is 6.08 Å². The van der Waals surface area contributed by atoms with Crippen LogP contribution >= 0.6 is 0 Å². The van der Waals surface area contributed by atoms with Crippen molar-refractivity contribution in [3.8, 4) is 16.9 Å². The molecule has 184 valence electrons. The van der Waals surface area contributed by atoms with E-state index in [9.17, 15) is 17.6 Å². The number of hydrogen-bond donors (Lipinski definition) is 0. The van der Waals surface area contributed by atoms with Gasteiger partial charge in [0, 0.05) is 28.2 Å². The Hall–Kier alpha value is -3.19. The molecule has 0 aliphatic carbocycles. The van der Waals surface area contributed by atoms with E-state index in [1.807, 2.05) is 13.0 Å². The Morgan fingerprint density at radius 1 is 0.886 bits per heavy atom. The fraction of sp³-hybridized carbons (Fsp3) is 0.286. The number of halogens is 5. The zero-order valence-corrected chi connectivity index (χ0v) is 19.4. The average Bonchev–Trinajstić information content (AvgIpc) is 2.86. The third kappa shape index (κ3) is 4.96. The predicted molar refractivity (Wildman–Crippen MR) is 125 cm³/mol. The summed E-state index contributed by atoms with van der Waals surface area (Å²) in [7, 11) is 0. The van der Waals surface area contributed by atoms with Gasteiger partial charge in [-0.2, -0.15) is 4.39 Å². The standard InChI is InChI=1S/C28H25F5O2/c1-3-5-16-6-7-17(14-22(16)29)18-8-12-23(35-15-18)21-10-9-19(25(30)27(21)32)20-11-13-24(34-4-2)28(33)26(20)31/h3,5-7,9-11,13-14,18,23H,4,8,12,15H2,1-2H3/b5-3+. The molecule has 0 N–H and O–H groups in total. The summed E-state index contributed by atoms with van der Waals surface area (Å²) >= 11 is 0. The molecule has 1 fully saturated rings. The second-order valence-electron chi connectivity index (χ2n) is 8.38. The van der Waals surface area contributed by atoms with Gasteiger partial charge in [0.2, 0.25) is 5.82 Å². The molecule has 0 bridgehead atoms. The van der Waals surface area contributed by atoms with E-state index in [-0.39, 0.29) is 36.3 Å². The Kier molecular flexibility index (Phi) is 7.55. The highest BCUT2D eigenvalue weighted by molar-refractivity contribution is 5.66. The topological polar surface area (TPSA) is 18.5 Å². The first-order valence-electron chi connectivity index (χ1n) is 11.5. The maximum Gasteiger partial charge on any atom is 0.201 e. The Labute approximate surface area is 201 Å². The minimum Gasteiger partial charge on any atom is -0.491 e. The van der Waals surface area contributed by atoms with Gasteiger partial charge in [-0.25, -0.2) is 17.6 Å². The van der Waals surface area contributed by atoms with Crippen LogP contribution < -0.4 is 4.74 Å². The van der Waals surface area contributed by atoms with E-state index in [1.165, 1.54) is 24.3 Å². The SMILES string of the molecule is C/C=C/c1ccc(C2CCC(c3ccc(-c4ccc(OCC)c(F)c4F)c(F)c3F)OC2)cc1F. The highest BCUT2D eigenvalue weighted by atomic mass is 19.2. The number of rotatable bonds is 6. The first-order valence-corrected chi connectivity index (χ1v) is 11.5. The van der Waals surface area contributed by atoms with Crippen molar-refractivity contribution in [2.75, 3.05) is 13.2 Å². The molecule has 3 aromatic rings. The lowest BCUT2D eigenvalue weighted by atomic mass is 9.88. The molecule has 1 heterocycles. The van der Waals surface area contributed by atoms with Crippen LogP contribution in [0.2, 0.25) is 0 Å². The van der Waals surface area contributed by atoms with Gasteiger partial charge in [0.25, 0.3) is 0 Å². The van der Waals surface area contributed by atoms with Gasteiger partial charge in [0.1, 0.15) is 5.82 Å². The van der Waals surface area contributed by atoms with Gasteiger partial charge in [0.05, 0.1) is 19.3 Å². The minimum atomic E-state index is -1.31. The van der Waals surface area contributed by atoms with Crippen molar-refractivity contribution in [3.05, 3.63) is 94.3 Å². The van der Waals surface area contributed by atoms with E-state index >= 15 is 4.39 Å². The Morgan fingerprint density at radius 2 is 1.60 bits per heavy atom. The van der Waals surface area contributed by atoms with E-state index < -0.39 is 40.5 Å². The van der Waals surface area contributed by atoms with Crippen molar-refractivity contribution in [1.82, 2.24) is 0 Å². The minimum absolute atomic E-state index is 0.00567. The molecule has 35 heavy (non-hydrogen) atoms. The summed E-state index contributed by atoms with van der Waals surface area (Å²) in [6, 6.07) is 9.90. The maximum absolute atomic E-state index is 15.0. The largest absolute Gasteiger partial charge is 0.491 e. The molecule has 2 nitrogen and oxygen atoms in total. The predicted octanol–water partition coefficient (Wildman–Crippen LogP) is 8.12. The lowest BCUT2D eigenvalue weighted by Crippen LogP contribution is -2.20. The summed E-state index contributed by atoms with van der Waals surface area (Å²) in [6.45, 7) is 3.78. The fourth-order valence-electron chi connectivity index (χ4n) is 4.40. The van der Waals surface area contributed by atoms with Crippen molar-refractivity contribution in [2.45, 2.75) is 38.7 Å². The normalized spacial score (nSPS) is 18.3. The van der Waals surface area contributed by atoms with Crippen LogP contribution in [-0.4, -0.2) is 13.2 Å². The summed E-state index contributed by atoms with van der Waals surface area (Å²) < 4.78 is 83.8. The highest BCUT2D eigenvalue weighted by Gasteiger charge is 2.29. The van der Waals surface area contributed by atoms with Crippen LogP contribution in [0.3, 0.4) is 0 Å². The molecular weight excluding hydrogens is 463 g/mol. The van der Waals surface area contributed by atoms with Gasteiger partial charge >= 0.3 is 0 Å². The van der Waals surface area contributed by atoms with Crippen LogP contribution in [0.15, 0.2) is 48.5 Å². The number of benzene rings is 3. The molecule has 0 radical (unpaired) electrons. The first kappa shape index (κ1) is 24.9. The molecule has 0 aromatic heterocycles. The number of hydrogen-bond acceptors (Lipinski definition) is 2. The van der Waals surface area contributed by atoms with Crippen LogP contribution in [-0.2, 0) is 4.74 Å². The lowest BCUT2D eigenvalue weighted by Gasteiger charge is -2.30. The zero-order chi connectivity index (χ0) is 25.1. The highest BCUT2D eigenvalue weighted by Crippen LogP contribution is 2.39. The van der Waals surface area contributed by atoms with Crippen LogP contribution in [0.1, 0.15) is 55.4 Å². The number of ether oxygens (including phenoxy) is 2. The van der Waals surface area contributed by atoms with Crippen LogP contribution in [0.25, 0.3) is 17.2 Å². The lowest BCUT2D eigenvalue weighted by molar-refractivity contribution is 0.0000539. The van der Waals surface area contributed by atoms with Crippen molar-refractivity contribution < 1.29 is 31.4 Å². The molecule has 0 spiro atoms. The fourth-order valence-corrected chi connectivity index (χ4v) is 4.40. The maximum atomic E-state index is 15.0. The van der Waals surface area contributed by atoms with Gasteiger partial charge < -0.3 is 9.47 Å². The molecule has 2 unspecified atom stereocenters. The van der Waals surface area contributed by atoms with Gasteiger partial charge in [-0.3, -0.25) is 0 Å². The molecule has 4 rings (SSSR count). The van der Waals surface area contributed by atoms with Crippen molar-refractivity contribution in [2.24, 2.45) is 0 Å². The summed E-state index contributed by atoms with van der Waals surface area (Å²) in [6.07, 6.45) is 3.72. The monoisotopic (exact) mass is 488 g/mol. The number of allylic oxidation sites excluding steroid dienone is 1. The molecule has 7 heteroatoms. The summed E-state index contributed by atoms with van der Waals surface area (Å²) in [4.78, 5) is 0. The van der Waals surface area contributed by atoms with Crippen molar-refractivity contribution in [3.63, 3.8) is 0 Å². The van der Waals surface area contributed by atoms with Crippen LogP contribution in [0.5, 0.6) is 5.75 Å². The van der Waals surface area contributed by atoms with Crippen LogP contribution in [0.4, 0.5) is 22.0 Å². The van der Waals surface area contributed by atoms with E-state index in [0.717, 1.165) is 11.6 Å². The Balaban J connectivity index is 1.52. The quantitative estimate of drug-likeness (QED) is 0.326.